The Morgan fingerprint density at radius 2 is 2.11 bits per heavy atom. The quantitative estimate of drug-likeness (QED) is 0.347. The molecule has 1 heterocycles. The maximum Gasteiger partial charge on any atom is 0.317 e. The Bertz CT molecular complexity index is 449. The third-order valence-corrected chi connectivity index (χ3v) is 3.16. The van der Waals surface area contributed by atoms with E-state index in [1.807, 2.05) is 6.92 Å². The summed E-state index contributed by atoms with van der Waals surface area (Å²) in [6.07, 6.45) is 4.67. The lowest BCUT2D eigenvalue weighted by molar-refractivity contribution is -0.162. The van der Waals surface area contributed by atoms with Gasteiger partial charge in [0.05, 0.1) is 0 Å². The van der Waals surface area contributed by atoms with Gasteiger partial charge in [-0.1, -0.05) is 18.2 Å². The van der Waals surface area contributed by atoms with E-state index < -0.39 is 29.4 Å². The number of allylic oxidation sites excluding steroid dienone is 4. The molecule has 0 unspecified atom stereocenters. The van der Waals surface area contributed by atoms with E-state index in [9.17, 15) is 19.5 Å². The minimum absolute atomic E-state index is 0.268. The van der Waals surface area contributed by atoms with Crippen LogP contribution >= 0.6 is 0 Å². The van der Waals surface area contributed by atoms with Crippen molar-refractivity contribution in [3.8, 4) is 0 Å². The first-order valence-corrected chi connectivity index (χ1v) is 6.10. The molecule has 0 aromatic rings. The van der Waals surface area contributed by atoms with Gasteiger partial charge in [-0.15, -0.1) is 0 Å². The summed E-state index contributed by atoms with van der Waals surface area (Å²) < 4.78 is 4.93. The largest absolute Gasteiger partial charge is 0.448 e. The summed E-state index contributed by atoms with van der Waals surface area (Å²) in [7, 11) is 0. The number of ketones is 2. The van der Waals surface area contributed by atoms with Crippen molar-refractivity contribution in [3.63, 3.8) is 0 Å². The molecule has 0 saturated carbocycles. The molecule has 5 nitrogen and oxygen atoms in total. The molecular formula is C14H18O5. The lowest BCUT2D eigenvalue weighted by atomic mass is 9.87. The van der Waals surface area contributed by atoms with Crippen LogP contribution < -0.4 is 0 Å². The number of carbonyl (C=O) groups excluding carboxylic acids is 3. The van der Waals surface area contributed by atoms with Crippen LogP contribution in [0.2, 0.25) is 0 Å². The molecule has 0 spiro atoms. The Hall–Kier alpha value is -1.75. The normalized spacial score (nSPS) is 29.2. The van der Waals surface area contributed by atoms with Crippen molar-refractivity contribution >= 4 is 17.5 Å². The third kappa shape index (κ3) is 3.17. The van der Waals surface area contributed by atoms with Crippen LogP contribution in [0.1, 0.15) is 27.2 Å². The zero-order chi connectivity index (χ0) is 14.6. The van der Waals surface area contributed by atoms with E-state index in [0.29, 0.717) is 0 Å². The Morgan fingerprint density at radius 1 is 1.47 bits per heavy atom. The average Bonchev–Trinajstić information content (AvgIpc) is 2.55. The van der Waals surface area contributed by atoms with Crippen LogP contribution in [0, 0.1) is 5.92 Å². The van der Waals surface area contributed by atoms with E-state index in [1.165, 1.54) is 19.9 Å². The van der Waals surface area contributed by atoms with Gasteiger partial charge >= 0.3 is 5.97 Å². The number of carbonyl (C=O) groups is 3. The molecule has 1 aliphatic rings. The number of hydrogen-bond acceptors (Lipinski definition) is 5. The highest BCUT2D eigenvalue weighted by Crippen LogP contribution is 2.31. The lowest BCUT2D eigenvalue weighted by Gasteiger charge is -2.26. The van der Waals surface area contributed by atoms with Gasteiger partial charge < -0.3 is 9.84 Å². The van der Waals surface area contributed by atoms with Gasteiger partial charge in [0.25, 0.3) is 0 Å². The van der Waals surface area contributed by atoms with Crippen LogP contribution in [0.25, 0.3) is 0 Å². The summed E-state index contributed by atoms with van der Waals surface area (Å²) >= 11 is 0. The van der Waals surface area contributed by atoms with Crippen molar-refractivity contribution in [2.45, 2.75) is 38.9 Å². The molecular weight excluding hydrogens is 248 g/mol. The number of rotatable bonds is 5. The summed E-state index contributed by atoms with van der Waals surface area (Å²) in [6, 6.07) is 0. The second kappa shape index (κ2) is 5.93. The molecule has 1 fully saturated rings. The molecule has 0 amide bonds. The lowest BCUT2D eigenvalue weighted by Crippen LogP contribution is -2.46. The molecule has 0 bridgehead atoms. The van der Waals surface area contributed by atoms with Gasteiger partial charge in [-0.25, -0.2) is 0 Å². The van der Waals surface area contributed by atoms with Crippen LogP contribution in [-0.4, -0.2) is 34.3 Å². The number of aliphatic hydroxyl groups is 1. The molecule has 1 aliphatic heterocycles. The van der Waals surface area contributed by atoms with E-state index >= 15 is 0 Å². The Balaban J connectivity index is 2.73. The molecule has 1 rings (SSSR count). The van der Waals surface area contributed by atoms with Gasteiger partial charge in [0.1, 0.15) is 12.0 Å². The number of cyclic esters (lactones) is 1. The van der Waals surface area contributed by atoms with Crippen LogP contribution in [0.3, 0.4) is 0 Å². The number of esters is 1. The van der Waals surface area contributed by atoms with Gasteiger partial charge in [0.15, 0.2) is 17.2 Å². The topological polar surface area (TPSA) is 80.7 Å². The summed E-state index contributed by atoms with van der Waals surface area (Å²) in [5, 5.41) is 9.97. The summed E-state index contributed by atoms with van der Waals surface area (Å²) in [5.74, 6) is -2.39. The zero-order valence-corrected chi connectivity index (χ0v) is 11.3. The highest BCUT2D eigenvalue weighted by Gasteiger charge is 2.54. The molecule has 0 aliphatic carbocycles. The fraction of sp³-hybridized carbons (Fsp3) is 0.500. The van der Waals surface area contributed by atoms with E-state index in [1.54, 1.807) is 18.2 Å². The molecule has 0 aromatic carbocycles. The fourth-order valence-corrected chi connectivity index (χ4v) is 1.84. The van der Waals surface area contributed by atoms with Gasteiger partial charge in [-0.05, 0) is 26.8 Å². The van der Waals surface area contributed by atoms with Crippen molar-refractivity contribution in [2.24, 2.45) is 5.92 Å². The van der Waals surface area contributed by atoms with Crippen molar-refractivity contribution in [1.82, 2.24) is 0 Å². The van der Waals surface area contributed by atoms with Gasteiger partial charge in [0, 0.05) is 6.42 Å². The summed E-state index contributed by atoms with van der Waals surface area (Å²) in [5.41, 5.74) is -1.62. The summed E-state index contributed by atoms with van der Waals surface area (Å²) in [6.45, 7) is 4.57. The number of hydrogen-bond donors (Lipinski definition) is 1. The minimum atomic E-state index is -1.62. The second-order valence-corrected chi connectivity index (χ2v) is 4.69. The first-order valence-electron chi connectivity index (χ1n) is 6.10. The minimum Gasteiger partial charge on any atom is -0.448 e. The van der Waals surface area contributed by atoms with E-state index in [2.05, 4.69) is 0 Å². The van der Waals surface area contributed by atoms with E-state index in [0.717, 1.165) is 0 Å². The molecule has 1 saturated heterocycles. The average molecular weight is 266 g/mol. The monoisotopic (exact) mass is 266 g/mol. The third-order valence-electron chi connectivity index (χ3n) is 3.16. The molecule has 104 valence electrons. The predicted molar refractivity (Wildman–Crippen MR) is 68.3 cm³/mol. The van der Waals surface area contributed by atoms with E-state index in [4.69, 9.17) is 4.74 Å². The first kappa shape index (κ1) is 15.3. The number of aliphatic hydroxyl groups excluding tert-OH is 1. The Kier molecular flexibility index (Phi) is 4.78. The van der Waals surface area contributed by atoms with Crippen molar-refractivity contribution in [3.05, 3.63) is 24.3 Å². The number of Topliss-reactive ketones (excluding diaryl/α,β-unsaturated/α-hetero) is 1. The van der Waals surface area contributed by atoms with Gasteiger partial charge in [-0.3, -0.25) is 14.4 Å². The smallest absolute Gasteiger partial charge is 0.317 e. The molecule has 0 aromatic heterocycles. The molecule has 5 heteroatoms. The van der Waals surface area contributed by atoms with Gasteiger partial charge in [-0.2, -0.15) is 0 Å². The maximum atomic E-state index is 11.9. The first-order chi connectivity index (χ1) is 8.82. The SMILES string of the molecule is C/C=C/C=C/C(=O)C[C@H](O)[C@]1(C)OC(=O)[C@@H](C)C1=O. The summed E-state index contributed by atoms with van der Waals surface area (Å²) in [4.78, 5) is 34.8. The van der Waals surface area contributed by atoms with Crippen molar-refractivity contribution < 1.29 is 24.2 Å². The molecule has 0 radical (unpaired) electrons. The van der Waals surface area contributed by atoms with Crippen molar-refractivity contribution in [2.75, 3.05) is 0 Å². The number of ether oxygens (including phenoxy) is 1. The van der Waals surface area contributed by atoms with Gasteiger partial charge in [0.2, 0.25) is 0 Å². The molecule has 19 heavy (non-hydrogen) atoms. The zero-order valence-electron chi connectivity index (χ0n) is 11.3. The molecule has 1 N–H and O–H groups in total. The van der Waals surface area contributed by atoms with Crippen LogP contribution in [0.5, 0.6) is 0 Å². The Labute approximate surface area is 111 Å². The van der Waals surface area contributed by atoms with Crippen LogP contribution in [-0.2, 0) is 19.1 Å². The van der Waals surface area contributed by atoms with Crippen LogP contribution in [0.4, 0.5) is 0 Å². The highest BCUT2D eigenvalue weighted by atomic mass is 16.6. The molecule has 3 atom stereocenters. The Morgan fingerprint density at radius 3 is 2.58 bits per heavy atom. The predicted octanol–water partition coefficient (Wildman–Crippen LogP) is 0.960. The fourth-order valence-electron chi connectivity index (χ4n) is 1.84. The van der Waals surface area contributed by atoms with Crippen molar-refractivity contribution in [1.29, 1.82) is 0 Å². The van der Waals surface area contributed by atoms with Crippen LogP contribution in [0.15, 0.2) is 24.3 Å². The van der Waals surface area contributed by atoms with E-state index in [-0.39, 0.29) is 12.2 Å². The highest BCUT2D eigenvalue weighted by molar-refractivity contribution is 6.09. The second-order valence-electron chi connectivity index (χ2n) is 4.69. The standard InChI is InChI=1S/C14H18O5/c1-4-5-6-7-10(15)8-11(16)14(3)12(17)9(2)13(18)19-14/h4-7,9,11,16H,8H2,1-3H3/b5-4+,7-6+/t9-,11-,14-/m0/s1. The maximum absolute atomic E-state index is 11.9.